The topological polar surface area (TPSA) is 43.1 Å². The highest BCUT2D eigenvalue weighted by molar-refractivity contribution is 5.95. The first kappa shape index (κ1) is 16.4. The molecule has 0 spiro atoms. The van der Waals surface area contributed by atoms with Crippen LogP contribution in [-0.2, 0) is 12.7 Å². The molecule has 1 aliphatic heterocycles. The Labute approximate surface area is 145 Å². The number of aliphatic imine (C=N–C) groups is 1. The summed E-state index contributed by atoms with van der Waals surface area (Å²) >= 11 is 0. The van der Waals surface area contributed by atoms with E-state index in [-0.39, 0.29) is 5.56 Å². The number of alkyl halides is 3. The fourth-order valence-corrected chi connectivity index (χ4v) is 2.98. The third-order valence-electron chi connectivity index (χ3n) is 4.16. The number of benzene rings is 1. The summed E-state index contributed by atoms with van der Waals surface area (Å²) in [6.45, 7) is 1.11. The van der Waals surface area contributed by atoms with E-state index in [1.165, 1.54) is 6.07 Å². The lowest BCUT2D eigenvalue weighted by atomic mass is 9.98. The standard InChI is InChI=1S/C18H12F4N4/c19-14-9-12(1-2-13(14)18(20,21)22)17-16(11-3-5-23-6-4-11)15-10-24-7-8-26(15)25-17/h1-6,9-10H,7-8H2. The molecule has 4 nitrogen and oxygen atoms in total. The zero-order valence-electron chi connectivity index (χ0n) is 13.3. The van der Waals surface area contributed by atoms with Gasteiger partial charge in [-0.25, -0.2) is 4.39 Å². The molecule has 4 rings (SSSR count). The first-order valence-corrected chi connectivity index (χ1v) is 7.83. The highest BCUT2D eigenvalue weighted by atomic mass is 19.4. The van der Waals surface area contributed by atoms with Crippen molar-refractivity contribution >= 4 is 6.21 Å². The summed E-state index contributed by atoms with van der Waals surface area (Å²) in [6, 6.07) is 6.39. The van der Waals surface area contributed by atoms with E-state index < -0.39 is 17.6 Å². The number of hydrogen-bond acceptors (Lipinski definition) is 3. The quantitative estimate of drug-likeness (QED) is 0.643. The van der Waals surface area contributed by atoms with Gasteiger partial charge in [-0.15, -0.1) is 0 Å². The Kier molecular flexibility index (Phi) is 3.82. The molecule has 8 heteroatoms. The molecule has 3 heterocycles. The van der Waals surface area contributed by atoms with Gasteiger partial charge in [-0.3, -0.25) is 14.7 Å². The minimum Gasteiger partial charge on any atom is -0.289 e. The van der Waals surface area contributed by atoms with Gasteiger partial charge in [0.2, 0.25) is 0 Å². The second-order valence-corrected chi connectivity index (χ2v) is 5.80. The van der Waals surface area contributed by atoms with E-state index in [4.69, 9.17) is 0 Å². The van der Waals surface area contributed by atoms with E-state index in [1.807, 2.05) is 0 Å². The predicted octanol–water partition coefficient (Wildman–Crippen LogP) is 4.20. The molecule has 0 N–H and O–H groups in total. The summed E-state index contributed by atoms with van der Waals surface area (Å²) < 4.78 is 54.3. The molecule has 0 saturated carbocycles. The van der Waals surface area contributed by atoms with Crippen molar-refractivity contribution in [3.8, 4) is 22.4 Å². The molecule has 0 fully saturated rings. The zero-order chi connectivity index (χ0) is 18.3. The molecule has 1 aliphatic rings. The van der Waals surface area contributed by atoms with Crippen molar-refractivity contribution in [1.82, 2.24) is 14.8 Å². The molecule has 0 radical (unpaired) electrons. The van der Waals surface area contributed by atoms with Crippen LogP contribution in [0.1, 0.15) is 11.3 Å². The molecule has 0 unspecified atom stereocenters. The van der Waals surface area contributed by atoms with Crippen LogP contribution >= 0.6 is 0 Å². The lowest BCUT2D eigenvalue weighted by molar-refractivity contribution is -0.139. The van der Waals surface area contributed by atoms with Gasteiger partial charge in [0.05, 0.1) is 24.3 Å². The summed E-state index contributed by atoms with van der Waals surface area (Å²) in [6.07, 6.45) is 0.153. The van der Waals surface area contributed by atoms with Gasteiger partial charge in [0.1, 0.15) is 11.5 Å². The van der Waals surface area contributed by atoms with E-state index in [0.29, 0.717) is 24.3 Å². The molecule has 0 atom stereocenters. The van der Waals surface area contributed by atoms with Crippen molar-refractivity contribution in [2.45, 2.75) is 12.7 Å². The van der Waals surface area contributed by atoms with Crippen LogP contribution in [-0.4, -0.2) is 27.5 Å². The Morgan fingerprint density at radius 2 is 1.77 bits per heavy atom. The first-order chi connectivity index (χ1) is 12.4. The summed E-state index contributed by atoms with van der Waals surface area (Å²) in [5.74, 6) is -1.32. The highest BCUT2D eigenvalue weighted by Crippen LogP contribution is 2.37. The first-order valence-electron chi connectivity index (χ1n) is 7.83. The number of rotatable bonds is 2. The number of pyridine rings is 1. The SMILES string of the molecule is Fc1cc(-c2nn3c(c2-c2ccncc2)C=NCC3)ccc1C(F)(F)F. The van der Waals surface area contributed by atoms with Gasteiger partial charge >= 0.3 is 6.18 Å². The van der Waals surface area contributed by atoms with Crippen LogP contribution in [0.4, 0.5) is 17.6 Å². The fourth-order valence-electron chi connectivity index (χ4n) is 2.98. The van der Waals surface area contributed by atoms with Gasteiger partial charge in [0.25, 0.3) is 0 Å². The van der Waals surface area contributed by atoms with Gasteiger partial charge in [0, 0.05) is 29.7 Å². The normalized spacial score (nSPS) is 13.7. The van der Waals surface area contributed by atoms with Crippen LogP contribution in [0, 0.1) is 5.82 Å². The zero-order valence-corrected chi connectivity index (χ0v) is 13.3. The summed E-state index contributed by atoms with van der Waals surface area (Å²) in [5, 5.41) is 4.49. The van der Waals surface area contributed by atoms with Gasteiger partial charge in [-0.05, 0) is 29.8 Å². The molecule has 0 bridgehead atoms. The van der Waals surface area contributed by atoms with Crippen molar-refractivity contribution in [3.05, 3.63) is 59.8 Å². The van der Waals surface area contributed by atoms with E-state index in [1.54, 1.807) is 35.4 Å². The number of aromatic nitrogens is 3. The van der Waals surface area contributed by atoms with E-state index in [0.717, 1.165) is 23.4 Å². The molecular weight excluding hydrogens is 348 g/mol. The molecule has 0 amide bonds. The van der Waals surface area contributed by atoms with E-state index >= 15 is 0 Å². The van der Waals surface area contributed by atoms with Crippen molar-refractivity contribution < 1.29 is 17.6 Å². The fraction of sp³-hybridized carbons (Fsp3) is 0.167. The molecule has 0 aliphatic carbocycles. The molecular formula is C18H12F4N4. The Morgan fingerprint density at radius 1 is 1.00 bits per heavy atom. The number of nitrogens with zero attached hydrogens (tertiary/aromatic N) is 4. The van der Waals surface area contributed by atoms with Crippen molar-refractivity contribution in [3.63, 3.8) is 0 Å². The highest BCUT2D eigenvalue weighted by Gasteiger charge is 2.34. The second-order valence-electron chi connectivity index (χ2n) is 5.80. The van der Waals surface area contributed by atoms with Crippen LogP contribution in [0.3, 0.4) is 0 Å². The van der Waals surface area contributed by atoms with E-state index in [9.17, 15) is 17.6 Å². The van der Waals surface area contributed by atoms with Crippen LogP contribution in [0.2, 0.25) is 0 Å². The van der Waals surface area contributed by atoms with Crippen LogP contribution in [0.15, 0.2) is 47.7 Å². The molecule has 1 aromatic carbocycles. The third kappa shape index (κ3) is 2.77. The smallest absolute Gasteiger partial charge is 0.289 e. The Hall–Kier alpha value is -3.03. The maximum Gasteiger partial charge on any atom is 0.419 e. The van der Waals surface area contributed by atoms with Crippen LogP contribution in [0.5, 0.6) is 0 Å². The van der Waals surface area contributed by atoms with Gasteiger partial charge in [-0.1, -0.05) is 6.07 Å². The molecule has 3 aromatic rings. The number of halogens is 4. The van der Waals surface area contributed by atoms with E-state index in [2.05, 4.69) is 15.1 Å². The minimum absolute atomic E-state index is 0.276. The van der Waals surface area contributed by atoms with Crippen LogP contribution < -0.4 is 0 Å². The summed E-state index contributed by atoms with van der Waals surface area (Å²) in [7, 11) is 0. The molecule has 26 heavy (non-hydrogen) atoms. The Bertz CT molecular complexity index is 990. The maximum atomic E-state index is 14.1. The largest absolute Gasteiger partial charge is 0.419 e. The second kappa shape index (κ2) is 6.05. The molecule has 0 saturated heterocycles. The maximum absolute atomic E-state index is 14.1. The average Bonchev–Trinajstić information content (AvgIpc) is 3.01. The van der Waals surface area contributed by atoms with Crippen LogP contribution in [0.25, 0.3) is 22.4 Å². The Balaban J connectivity index is 1.92. The number of hydrogen-bond donors (Lipinski definition) is 0. The number of fused-ring (bicyclic) bond motifs is 1. The average molecular weight is 360 g/mol. The Morgan fingerprint density at radius 3 is 2.46 bits per heavy atom. The molecule has 132 valence electrons. The lowest BCUT2D eigenvalue weighted by Gasteiger charge is -2.10. The van der Waals surface area contributed by atoms with Gasteiger partial charge in [-0.2, -0.15) is 18.3 Å². The monoisotopic (exact) mass is 360 g/mol. The van der Waals surface area contributed by atoms with Gasteiger partial charge in [0.15, 0.2) is 0 Å². The minimum atomic E-state index is -4.74. The van der Waals surface area contributed by atoms with Gasteiger partial charge < -0.3 is 0 Å². The van der Waals surface area contributed by atoms with Crippen molar-refractivity contribution in [1.29, 1.82) is 0 Å². The third-order valence-corrected chi connectivity index (χ3v) is 4.16. The predicted molar refractivity (Wildman–Crippen MR) is 88.3 cm³/mol. The van der Waals surface area contributed by atoms with Crippen molar-refractivity contribution in [2.75, 3.05) is 6.54 Å². The summed E-state index contributed by atoms with van der Waals surface area (Å²) in [4.78, 5) is 8.23. The summed E-state index contributed by atoms with van der Waals surface area (Å²) in [5.41, 5.74) is 1.60. The lowest BCUT2D eigenvalue weighted by Crippen LogP contribution is -2.12. The van der Waals surface area contributed by atoms with Crippen molar-refractivity contribution in [2.24, 2.45) is 4.99 Å². The molecule has 2 aromatic heterocycles.